The van der Waals surface area contributed by atoms with Gasteiger partial charge in [0.2, 0.25) is 0 Å². The highest BCUT2D eigenvalue weighted by Crippen LogP contribution is 2.32. The number of rotatable bonds is 4. The molecule has 3 heteroatoms. The van der Waals surface area contributed by atoms with Crippen LogP contribution in [0.15, 0.2) is 22.8 Å². The van der Waals surface area contributed by atoms with E-state index in [0.717, 1.165) is 12.2 Å². The number of hydrogen-bond acceptors (Lipinski definition) is 3. The molecular weight excluding hydrogens is 230 g/mol. The molecule has 1 atom stereocenters. The van der Waals surface area contributed by atoms with Crippen LogP contribution >= 0.6 is 11.3 Å². The number of aryl methyl sites for hydroxylation is 3. The zero-order valence-corrected chi connectivity index (χ0v) is 11.6. The Morgan fingerprint density at radius 2 is 2.12 bits per heavy atom. The van der Waals surface area contributed by atoms with Crippen LogP contribution in [-0.2, 0) is 6.42 Å². The van der Waals surface area contributed by atoms with Crippen LogP contribution in [0.2, 0.25) is 0 Å². The van der Waals surface area contributed by atoms with Gasteiger partial charge in [0.1, 0.15) is 5.76 Å². The second-order valence-electron chi connectivity index (χ2n) is 4.24. The van der Waals surface area contributed by atoms with Crippen molar-refractivity contribution in [2.45, 2.75) is 33.2 Å². The van der Waals surface area contributed by atoms with Crippen LogP contribution in [0.1, 0.15) is 39.6 Å². The fourth-order valence-electron chi connectivity index (χ4n) is 2.31. The Morgan fingerprint density at radius 1 is 1.35 bits per heavy atom. The molecule has 92 valence electrons. The maximum atomic E-state index is 5.53. The van der Waals surface area contributed by atoms with Gasteiger partial charge in [-0.2, -0.15) is 0 Å². The SMILES string of the molecule is CCc1occc1C(NC)c1cc(C)sc1C. The molecule has 2 heterocycles. The summed E-state index contributed by atoms with van der Waals surface area (Å²) in [7, 11) is 2.00. The zero-order chi connectivity index (χ0) is 12.4. The molecule has 0 aliphatic carbocycles. The molecule has 2 aromatic heterocycles. The van der Waals surface area contributed by atoms with Crippen LogP contribution in [0.25, 0.3) is 0 Å². The molecule has 0 amide bonds. The van der Waals surface area contributed by atoms with E-state index in [2.05, 4.69) is 38.2 Å². The number of hydrogen-bond donors (Lipinski definition) is 1. The Labute approximate surface area is 107 Å². The molecule has 0 saturated carbocycles. The quantitative estimate of drug-likeness (QED) is 0.891. The molecule has 0 aromatic carbocycles. The van der Waals surface area contributed by atoms with E-state index in [1.165, 1.54) is 20.9 Å². The Morgan fingerprint density at radius 3 is 2.65 bits per heavy atom. The molecule has 0 saturated heterocycles. The Bertz CT molecular complexity index is 498. The van der Waals surface area contributed by atoms with Crippen LogP contribution in [-0.4, -0.2) is 7.05 Å². The first-order chi connectivity index (χ1) is 8.17. The fourth-order valence-corrected chi connectivity index (χ4v) is 3.27. The molecule has 17 heavy (non-hydrogen) atoms. The predicted molar refractivity (Wildman–Crippen MR) is 72.8 cm³/mol. The first-order valence-electron chi connectivity index (χ1n) is 5.97. The van der Waals surface area contributed by atoms with Gasteiger partial charge in [0.05, 0.1) is 12.3 Å². The highest BCUT2D eigenvalue weighted by Gasteiger charge is 2.20. The first-order valence-corrected chi connectivity index (χ1v) is 6.79. The van der Waals surface area contributed by atoms with Gasteiger partial charge in [-0.25, -0.2) is 0 Å². The summed E-state index contributed by atoms with van der Waals surface area (Å²) in [6.07, 6.45) is 2.72. The van der Waals surface area contributed by atoms with Gasteiger partial charge >= 0.3 is 0 Å². The van der Waals surface area contributed by atoms with Gasteiger partial charge in [-0.05, 0) is 38.6 Å². The molecule has 1 unspecified atom stereocenters. The fraction of sp³-hybridized carbons (Fsp3) is 0.429. The normalized spacial score (nSPS) is 12.9. The molecule has 0 aliphatic heterocycles. The van der Waals surface area contributed by atoms with Crippen molar-refractivity contribution in [1.29, 1.82) is 0 Å². The maximum absolute atomic E-state index is 5.53. The standard InChI is InChI=1S/C14H19NOS/c1-5-13-11(6-7-16-13)14(15-4)12-8-9(2)17-10(12)3/h6-8,14-15H,5H2,1-4H3. The van der Waals surface area contributed by atoms with E-state index in [-0.39, 0.29) is 6.04 Å². The zero-order valence-electron chi connectivity index (χ0n) is 10.8. The van der Waals surface area contributed by atoms with Crippen molar-refractivity contribution >= 4 is 11.3 Å². The lowest BCUT2D eigenvalue weighted by molar-refractivity contribution is 0.505. The minimum absolute atomic E-state index is 0.244. The monoisotopic (exact) mass is 249 g/mol. The van der Waals surface area contributed by atoms with E-state index in [1.54, 1.807) is 6.26 Å². The van der Waals surface area contributed by atoms with Gasteiger partial charge in [-0.3, -0.25) is 0 Å². The lowest BCUT2D eigenvalue weighted by Crippen LogP contribution is -2.18. The third kappa shape index (κ3) is 2.31. The van der Waals surface area contributed by atoms with Crippen molar-refractivity contribution in [3.05, 3.63) is 45.0 Å². The summed E-state index contributed by atoms with van der Waals surface area (Å²) in [5, 5.41) is 3.40. The van der Waals surface area contributed by atoms with Crippen LogP contribution in [0.3, 0.4) is 0 Å². The van der Waals surface area contributed by atoms with E-state index in [9.17, 15) is 0 Å². The van der Waals surface area contributed by atoms with Crippen molar-refractivity contribution in [3.8, 4) is 0 Å². The minimum Gasteiger partial charge on any atom is -0.469 e. The molecule has 2 aromatic rings. The van der Waals surface area contributed by atoms with E-state index in [1.807, 2.05) is 18.4 Å². The van der Waals surface area contributed by atoms with Crippen LogP contribution in [0.5, 0.6) is 0 Å². The number of thiophene rings is 1. The van der Waals surface area contributed by atoms with E-state index in [4.69, 9.17) is 4.42 Å². The van der Waals surface area contributed by atoms with E-state index in [0.29, 0.717) is 0 Å². The summed E-state index contributed by atoms with van der Waals surface area (Å²) in [6.45, 7) is 6.47. The van der Waals surface area contributed by atoms with Crippen molar-refractivity contribution in [2.75, 3.05) is 7.05 Å². The molecular formula is C14H19NOS. The molecule has 0 spiro atoms. The highest BCUT2D eigenvalue weighted by molar-refractivity contribution is 7.12. The molecule has 1 N–H and O–H groups in total. The van der Waals surface area contributed by atoms with Crippen LogP contribution in [0.4, 0.5) is 0 Å². The first kappa shape index (κ1) is 12.4. The third-order valence-corrected chi connectivity index (χ3v) is 4.07. The summed E-state index contributed by atoms with van der Waals surface area (Å²) in [5.74, 6) is 1.08. The molecule has 2 rings (SSSR count). The largest absolute Gasteiger partial charge is 0.469 e. The van der Waals surface area contributed by atoms with Crippen LogP contribution < -0.4 is 5.32 Å². The van der Waals surface area contributed by atoms with Crippen LogP contribution in [0, 0.1) is 13.8 Å². The summed E-state index contributed by atoms with van der Waals surface area (Å²) in [4.78, 5) is 2.74. The average Bonchev–Trinajstić information content (AvgIpc) is 2.88. The lowest BCUT2D eigenvalue weighted by Gasteiger charge is -2.16. The molecule has 0 aliphatic rings. The predicted octanol–water partition coefficient (Wildman–Crippen LogP) is 3.83. The van der Waals surface area contributed by atoms with Crippen molar-refractivity contribution < 1.29 is 4.42 Å². The summed E-state index contributed by atoms with van der Waals surface area (Å²) < 4.78 is 5.53. The number of furan rings is 1. The van der Waals surface area contributed by atoms with Gasteiger partial charge in [-0.1, -0.05) is 6.92 Å². The Kier molecular flexibility index (Phi) is 3.69. The highest BCUT2D eigenvalue weighted by atomic mass is 32.1. The van der Waals surface area contributed by atoms with Gasteiger partial charge in [0.15, 0.2) is 0 Å². The van der Waals surface area contributed by atoms with Gasteiger partial charge in [0.25, 0.3) is 0 Å². The molecule has 0 bridgehead atoms. The van der Waals surface area contributed by atoms with Crippen molar-refractivity contribution in [1.82, 2.24) is 5.32 Å². The minimum atomic E-state index is 0.244. The Balaban J connectivity index is 2.43. The third-order valence-electron chi connectivity index (χ3n) is 3.09. The molecule has 0 radical (unpaired) electrons. The summed E-state index contributed by atoms with van der Waals surface area (Å²) >= 11 is 1.85. The summed E-state index contributed by atoms with van der Waals surface area (Å²) in [5.41, 5.74) is 2.63. The maximum Gasteiger partial charge on any atom is 0.108 e. The van der Waals surface area contributed by atoms with Crippen molar-refractivity contribution in [3.63, 3.8) is 0 Å². The molecule has 0 fully saturated rings. The topological polar surface area (TPSA) is 25.2 Å². The number of nitrogens with one attached hydrogen (secondary N) is 1. The van der Waals surface area contributed by atoms with Gasteiger partial charge in [-0.15, -0.1) is 11.3 Å². The smallest absolute Gasteiger partial charge is 0.108 e. The Hall–Kier alpha value is -1.06. The molecule has 2 nitrogen and oxygen atoms in total. The average molecular weight is 249 g/mol. The van der Waals surface area contributed by atoms with E-state index < -0.39 is 0 Å². The second kappa shape index (κ2) is 5.07. The second-order valence-corrected chi connectivity index (χ2v) is 5.70. The lowest BCUT2D eigenvalue weighted by atomic mass is 9.99. The summed E-state index contributed by atoms with van der Waals surface area (Å²) in [6, 6.07) is 4.59. The van der Waals surface area contributed by atoms with Gasteiger partial charge < -0.3 is 9.73 Å². The van der Waals surface area contributed by atoms with Gasteiger partial charge in [0, 0.05) is 21.7 Å². The van der Waals surface area contributed by atoms with E-state index >= 15 is 0 Å². The van der Waals surface area contributed by atoms with Crippen molar-refractivity contribution in [2.24, 2.45) is 0 Å².